The highest BCUT2D eigenvalue weighted by atomic mass is 15.1. The van der Waals surface area contributed by atoms with Gasteiger partial charge in [-0.1, -0.05) is 60.7 Å². The normalized spacial score (nSPS) is 11.5. The van der Waals surface area contributed by atoms with E-state index in [1.54, 1.807) is 0 Å². The average molecular weight is 605 g/mol. The van der Waals surface area contributed by atoms with Gasteiger partial charge in [0.05, 0.1) is 51.6 Å². The molecule has 47 heavy (non-hydrogen) atoms. The third-order valence-corrected chi connectivity index (χ3v) is 9.38. The number of rotatable bonds is 3. The zero-order valence-electron chi connectivity index (χ0n) is 27.1. The standard InChI is InChI=1S/C43H32N4/c1-25-7-11-33-34-12-8-26(2)20-39(34)46(38(33)19-25)37-16-15-32(31-18-29(5)17-30(23-31)24-44)43(42(37)45-6)47-40-21-27(3)9-13-35(40)36-14-10-28(4)22-41(36)47/h7-23H,1-5H3. The van der Waals surface area contributed by atoms with Crippen LogP contribution in [-0.2, 0) is 0 Å². The summed E-state index contributed by atoms with van der Waals surface area (Å²) >= 11 is 0. The molecule has 0 saturated heterocycles. The fraction of sp³-hybridized carbons (Fsp3) is 0.116. The van der Waals surface area contributed by atoms with Crippen molar-refractivity contribution in [2.24, 2.45) is 0 Å². The minimum Gasteiger partial charge on any atom is -0.319 e. The second kappa shape index (κ2) is 10.5. The number of hydrogen-bond donors (Lipinski definition) is 0. The van der Waals surface area contributed by atoms with Crippen LogP contribution < -0.4 is 0 Å². The number of nitrogens with zero attached hydrogens (tertiary/aromatic N) is 4. The number of hydrogen-bond acceptors (Lipinski definition) is 1. The number of nitriles is 1. The van der Waals surface area contributed by atoms with Gasteiger partial charge in [0.15, 0.2) is 0 Å². The Kier molecular flexibility index (Phi) is 6.33. The van der Waals surface area contributed by atoms with E-state index in [1.807, 2.05) is 19.1 Å². The van der Waals surface area contributed by atoms with Gasteiger partial charge in [0.25, 0.3) is 0 Å². The van der Waals surface area contributed by atoms with Gasteiger partial charge in [-0.3, -0.25) is 0 Å². The van der Waals surface area contributed by atoms with E-state index >= 15 is 0 Å². The van der Waals surface area contributed by atoms with Gasteiger partial charge in [-0.2, -0.15) is 5.26 Å². The van der Waals surface area contributed by atoms with E-state index in [0.717, 1.165) is 93.9 Å². The van der Waals surface area contributed by atoms with Crippen molar-refractivity contribution < 1.29 is 0 Å². The molecule has 224 valence electrons. The molecule has 4 nitrogen and oxygen atoms in total. The summed E-state index contributed by atoms with van der Waals surface area (Å²) < 4.78 is 4.56. The molecule has 0 radical (unpaired) electrons. The third-order valence-electron chi connectivity index (χ3n) is 9.38. The molecular weight excluding hydrogens is 573 g/mol. The molecule has 0 unspecified atom stereocenters. The third kappa shape index (κ3) is 4.34. The molecule has 0 saturated carbocycles. The minimum atomic E-state index is 0.561. The molecule has 0 atom stereocenters. The first-order valence-corrected chi connectivity index (χ1v) is 15.9. The van der Waals surface area contributed by atoms with Crippen LogP contribution in [0.4, 0.5) is 5.69 Å². The minimum absolute atomic E-state index is 0.561. The molecule has 4 heteroatoms. The van der Waals surface area contributed by atoms with Crippen molar-refractivity contribution in [3.63, 3.8) is 0 Å². The SMILES string of the molecule is [C-]#[N+]c1c(-n2c3cc(C)ccc3c3ccc(C)cc32)ccc(-c2cc(C)cc(C#N)c2)c1-n1c2cc(C)ccc2c2ccc(C)cc21. The molecule has 0 spiro atoms. The zero-order valence-corrected chi connectivity index (χ0v) is 27.1. The molecule has 0 fully saturated rings. The van der Waals surface area contributed by atoms with Crippen molar-refractivity contribution >= 4 is 49.3 Å². The van der Waals surface area contributed by atoms with E-state index < -0.39 is 0 Å². The van der Waals surface area contributed by atoms with Gasteiger partial charge in [0.1, 0.15) is 0 Å². The lowest BCUT2D eigenvalue weighted by atomic mass is 9.97. The van der Waals surface area contributed by atoms with Crippen molar-refractivity contribution in [3.8, 4) is 28.6 Å². The Morgan fingerprint density at radius 2 is 1.00 bits per heavy atom. The van der Waals surface area contributed by atoms with E-state index in [2.05, 4.69) is 139 Å². The molecule has 0 aliphatic rings. The smallest absolute Gasteiger partial charge is 0.234 e. The van der Waals surface area contributed by atoms with Crippen molar-refractivity contribution in [1.29, 1.82) is 5.26 Å². The topological polar surface area (TPSA) is 38.0 Å². The number of fused-ring (bicyclic) bond motifs is 6. The van der Waals surface area contributed by atoms with Gasteiger partial charge in [0.2, 0.25) is 5.69 Å². The lowest BCUT2D eigenvalue weighted by Crippen LogP contribution is -2.03. The second-order valence-corrected chi connectivity index (χ2v) is 12.9. The van der Waals surface area contributed by atoms with Crippen LogP contribution in [0.15, 0.2) is 103 Å². The van der Waals surface area contributed by atoms with Crippen LogP contribution in [-0.4, -0.2) is 9.13 Å². The van der Waals surface area contributed by atoms with Gasteiger partial charge in [0, 0.05) is 21.5 Å². The molecule has 0 aliphatic heterocycles. The summed E-state index contributed by atoms with van der Waals surface area (Å²) in [6.45, 7) is 19.3. The summed E-state index contributed by atoms with van der Waals surface area (Å²) in [6.07, 6.45) is 0. The highest BCUT2D eigenvalue weighted by Crippen LogP contribution is 2.46. The Hall–Kier alpha value is -6.10. The summed E-state index contributed by atoms with van der Waals surface area (Å²) in [5.74, 6) is 0. The summed E-state index contributed by atoms with van der Waals surface area (Å²) in [7, 11) is 0. The van der Waals surface area contributed by atoms with Gasteiger partial charge in [-0.05, 0) is 116 Å². The maximum absolute atomic E-state index is 9.94. The van der Waals surface area contributed by atoms with E-state index in [1.165, 1.54) is 0 Å². The first-order valence-electron chi connectivity index (χ1n) is 15.9. The van der Waals surface area contributed by atoms with Gasteiger partial charge >= 0.3 is 0 Å². The van der Waals surface area contributed by atoms with E-state index in [0.29, 0.717) is 11.3 Å². The molecule has 0 N–H and O–H groups in total. The molecular formula is C43H32N4. The molecule has 0 bridgehead atoms. The van der Waals surface area contributed by atoms with Gasteiger partial charge in [-0.15, -0.1) is 0 Å². The van der Waals surface area contributed by atoms with Gasteiger partial charge in [-0.25, -0.2) is 4.85 Å². The Morgan fingerprint density at radius 3 is 1.45 bits per heavy atom. The van der Waals surface area contributed by atoms with Crippen molar-refractivity contribution in [1.82, 2.24) is 9.13 Å². The monoisotopic (exact) mass is 604 g/mol. The van der Waals surface area contributed by atoms with Crippen LogP contribution in [0.5, 0.6) is 0 Å². The fourth-order valence-corrected chi connectivity index (χ4v) is 7.30. The van der Waals surface area contributed by atoms with Gasteiger partial charge < -0.3 is 9.13 Å². The second-order valence-electron chi connectivity index (χ2n) is 12.9. The summed E-state index contributed by atoms with van der Waals surface area (Å²) in [5.41, 5.74) is 14.5. The lowest BCUT2D eigenvalue weighted by molar-refractivity contribution is 1.14. The predicted molar refractivity (Wildman–Crippen MR) is 195 cm³/mol. The predicted octanol–water partition coefficient (Wildman–Crippen LogP) is 11.5. The number of benzene rings is 6. The van der Waals surface area contributed by atoms with Crippen LogP contribution in [0, 0.1) is 52.5 Å². The first-order chi connectivity index (χ1) is 22.7. The summed E-state index contributed by atoms with van der Waals surface area (Å²) in [4.78, 5) is 4.39. The maximum Gasteiger partial charge on any atom is 0.234 e. The summed E-state index contributed by atoms with van der Waals surface area (Å²) in [5, 5.41) is 14.5. The van der Waals surface area contributed by atoms with E-state index in [4.69, 9.17) is 6.57 Å². The van der Waals surface area contributed by atoms with E-state index in [-0.39, 0.29) is 0 Å². The molecule has 0 amide bonds. The van der Waals surface area contributed by atoms with Crippen LogP contribution in [0.2, 0.25) is 0 Å². The Morgan fingerprint density at radius 1 is 0.532 bits per heavy atom. The average Bonchev–Trinajstić information content (AvgIpc) is 3.53. The maximum atomic E-state index is 9.94. The molecule has 8 aromatic rings. The molecule has 0 aliphatic carbocycles. The van der Waals surface area contributed by atoms with Crippen LogP contribution in [0.3, 0.4) is 0 Å². The number of aromatic nitrogens is 2. The zero-order chi connectivity index (χ0) is 32.6. The Bertz CT molecular complexity index is 2580. The number of aryl methyl sites for hydroxylation is 5. The van der Waals surface area contributed by atoms with Crippen LogP contribution in [0.25, 0.3) is 71.0 Å². The lowest BCUT2D eigenvalue weighted by Gasteiger charge is -2.21. The molecule has 8 rings (SSSR count). The molecule has 2 aromatic heterocycles. The Labute approximate surface area is 274 Å². The van der Waals surface area contributed by atoms with E-state index in [9.17, 15) is 5.26 Å². The van der Waals surface area contributed by atoms with Crippen molar-refractivity contribution in [2.45, 2.75) is 34.6 Å². The van der Waals surface area contributed by atoms with Crippen molar-refractivity contribution in [3.05, 3.63) is 148 Å². The molecule has 2 heterocycles. The van der Waals surface area contributed by atoms with Crippen LogP contribution in [0.1, 0.15) is 33.4 Å². The summed E-state index contributed by atoms with van der Waals surface area (Å²) in [6, 6.07) is 38.8. The largest absolute Gasteiger partial charge is 0.319 e. The highest BCUT2D eigenvalue weighted by molar-refractivity contribution is 6.13. The fourth-order valence-electron chi connectivity index (χ4n) is 7.30. The molecule has 6 aromatic carbocycles. The first kappa shape index (κ1) is 28.4. The Balaban J connectivity index is 1.60. The highest BCUT2D eigenvalue weighted by Gasteiger charge is 2.25. The van der Waals surface area contributed by atoms with Crippen LogP contribution >= 0.6 is 0 Å². The van der Waals surface area contributed by atoms with Crippen molar-refractivity contribution in [2.75, 3.05) is 0 Å². The quantitative estimate of drug-likeness (QED) is 0.185.